The van der Waals surface area contributed by atoms with Crippen molar-refractivity contribution in [2.45, 2.75) is 6.54 Å². The zero-order valence-electron chi connectivity index (χ0n) is 8.47. The Bertz CT molecular complexity index is 625. The fourth-order valence-corrected chi connectivity index (χ4v) is 1.73. The molecule has 80 valence electrons. The van der Waals surface area contributed by atoms with Gasteiger partial charge in [0.15, 0.2) is 12.0 Å². The van der Waals surface area contributed by atoms with Gasteiger partial charge in [-0.2, -0.15) is 5.10 Å². The van der Waals surface area contributed by atoms with E-state index in [9.17, 15) is 0 Å². The molecule has 0 unspecified atom stereocenters. The summed E-state index contributed by atoms with van der Waals surface area (Å²) in [6.07, 6.45) is 3.17. The van der Waals surface area contributed by atoms with Crippen LogP contribution >= 0.6 is 0 Å². The summed E-state index contributed by atoms with van der Waals surface area (Å²) in [5.74, 6) is 0. The summed E-state index contributed by atoms with van der Waals surface area (Å²) in [5.41, 5.74) is 10.2. The van der Waals surface area contributed by atoms with Crippen LogP contribution in [0.25, 0.3) is 22.4 Å². The predicted octanol–water partition coefficient (Wildman–Crippen LogP) is 1.68. The first-order valence-corrected chi connectivity index (χ1v) is 4.94. The third kappa shape index (κ3) is 1.30. The molecule has 0 bridgehead atoms. The van der Waals surface area contributed by atoms with Crippen molar-refractivity contribution >= 4 is 11.1 Å². The van der Waals surface area contributed by atoms with Gasteiger partial charge in [-0.25, -0.2) is 4.98 Å². The quantitative estimate of drug-likeness (QED) is 0.680. The Morgan fingerprint density at radius 1 is 1.38 bits per heavy atom. The first kappa shape index (κ1) is 9.11. The van der Waals surface area contributed by atoms with Crippen LogP contribution in [-0.2, 0) is 6.54 Å². The molecule has 0 atom stereocenters. The van der Waals surface area contributed by atoms with E-state index in [1.807, 2.05) is 18.2 Å². The van der Waals surface area contributed by atoms with Crippen LogP contribution in [0.2, 0.25) is 0 Å². The van der Waals surface area contributed by atoms with E-state index in [0.717, 1.165) is 27.9 Å². The molecule has 1 aromatic carbocycles. The Hall–Kier alpha value is -2.14. The molecule has 0 aliphatic rings. The van der Waals surface area contributed by atoms with E-state index < -0.39 is 0 Å². The Labute approximate surface area is 91.3 Å². The zero-order chi connectivity index (χ0) is 11.0. The summed E-state index contributed by atoms with van der Waals surface area (Å²) >= 11 is 0. The standard InChI is InChI=1S/C11H10N4O/c12-4-8-5-14-15-11(8)7-1-2-9-10(3-7)16-6-13-9/h1-3,5-6H,4,12H2,(H,14,15). The highest BCUT2D eigenvalue weighted by atomic mass is 16.3. The average Bonchev–Trinajstić information content (AvgIpc) is 2.96. The Morgan fingerprint density at radius 2 is 2.31 bits per heavy atom. The number of aromatic nitrogens is 3. The number of fused-ring (bicyclic) bond motifs is 1. The number of nitrogens with one attached hydrogen (secondary N) is 1. The SMILES string of the molecule is NCc1cn[nH]c1-c1ccc2ncoc2c1. The van der Waals surface area contributed by atoms with E-state index in [0.29, 0.717) is 6.54 Å². The van der Waals surface area contributed by atoms with Crippen LogP contribution in [0.15, 0.2) is 35.2 Å². The van der Waals surface area contributed by atoms with Gasteiger partial charge in [0.1, 0.15) is 5.52 Å². The number of oxazole rings is 1. The lowest BCUT2D eigenvalue weighted by Gasteiger charge is -2.00. The number of rotatable bonds is 2. The van der Waals surface area contributed by atoms with Crippen molar-refractivity contribution < 1.29 is 4.42 Å². The van der Waals surface area contributed by atoms with Crippen LogP contribution < -0.4 is 5.73 Å². The van der Waals surface area contributed by atoms with Crippen LogP contribution in [0.5, 0.6) is 0 Å². The molecule has 0 fully saturated rings. The average molecular weight is 214 g/mol. The number of benzene rings is 1. The van der Waals surface area contributed by atoms with Gasteiger partial charge in [-0.05, 0) is 12.1 Å². The lowest BCUT2D eigenvalue weighted by molar-refractivity contribution is 0.602. The van der Waals surface area contributed by atoms with Crippen LogP contribution in [0.3, 0.4) is 0 Å². The summed E-state index contributed by atoms with van der Waals surface area (Å²) in [4.78, 5) is 4.07. The number of nitrogens with zero attached hydrogens (tertiary/aromatic N) is 2. The van der Waals surface area contributed by atoms with Crippen molar-refractivity contribution in [3.05, 3.63) is 36.4 Å². The van der Waals surface area contributed by atoms with Crippen molar-refractivity contribution in [2.75, 3.05) is 0 Å². The van der Waals surface area contributed by atoms with Gasteiger partial charge in [0.2, 0.25) is 0 Å². The molecule has 5 nitrogen and oxygen atoms in total. The number of H-pyrrole nitrogens is 1. The van der Waals surface area contributed by atoms with Gasteiger partial charge in [0.25, 0.3) is 0 Å². The maximum absolute atomic E-state index is 5.63. The van der Waals surface area contributed by atoms with Crippen LogP contribution in [0, 0.1) is 0 Å². The van der Waals surface area contributed by atoms with Crippen molar-refractivity contribution in [3.63, 3.8) is 0 Å². The molecule has 3 N–H and O–H groups in total. The normalized spacial score (nSPS) is 11.1. The fourth-order valence-electron chi connectivity index (χ4n) is 1.73. The maximum atomic E-state index is 5.63. The van der Waals surface area contributed by atoms with Crippen molar-refractivity contribution in [2.24, 2.45) is 5.73 Å². The van der Waals surface area contributed by atoms with Gasteiger partial charge >= 0.3 is 0 Å². The minimum atomic E-state index is 0.459. The molecule has 0 amide bonds. The molecule has 16 heavy (non-hydrogen) atoms. The van der Waals surface area contributed by atoms with Gasteiger partial charge in [-0.3, -0.25) is 5.10 Å². The lowest BCUT2D eigenvalue weighted by Crippen LogP contribution is -1.96. The summed E-state index contributed by atoms with van der Waals surface area (Å²) in [6.45, 7) is 0.459. The summed E-state index contributed by atoms with van der Waals surface area (Å²) in [7, 11) is 0. The van der Waals surface area contributed by atoms with E-state index in [2.05, 4.69) is 15.2 Å². The highest BCUT2D eigenvalue weighted by Gasteiger charge is 2.08. The van der Waals surface area contributed by atoms with E-state index >= 15 is 0 Å². The molecule has 2 aromatic heterocycles. The van der Waals surface area contributed by atoms with E-state index in [1.165, 1.54) is 6.39 Å². The minimum Gasteiger partial charge on any atom is -0.443 e. The summed E-state index contributed by atoms with van der Waals surface area (Å²) in [5, 5.41) is 6.92. The molecule has 3 aromatic rings. The van der Waals surface area contributed by atoms with Crippen LogP contribution in [0.4, 0.5) is 0 Å². The predicted molar refractivity (Wildman–Crippen MR) is 59.5 cm³/mol. The molecular formula is C11H10N4O. The molecule has 2 heterocycles. The van der Waals surface area contributed by atoms with E-state index in [-0.39, 0.29) is 0 Å². The monoisotopic (exact) mass is 214 g/mol. The second-order valence-corrected chi connectivity index (χ2v) is 3.51. The number of nitrogens with two attached hydrogens (primary N) is 1. The van der Waals surface area contributed by atoms with Crippen molar-refractivity contribution in [1.29, 1.82) is 0 Å². The number of hydrogen-bond acceptors (Lipinski definition) is 4. The van der Waals surface area contributed by atoms with Crippen molar-refractivity contribution in [3.8, 4) is 11.3 Å². The molecule has 0 radical (unpaired) electrons. The van der Waals surface area contributed by atoms with E-state index in [4.69, 9.17) is 10.2 Å². The highest BCUT2D eigenvalue weighted by Crippen LogP contribution is 2.24. The van der Waals surface area contributed by atoms with Gasteiger partial charge in [-0.1, -0.05) is 6.07 Å². The van der Waals surface area contributed by atoms with Gasteiger partial charge in [0.05, 0.1) is 11.9 Å². The van der Waals surface area contributed by atoms with Crippen LogP contribution in [0.1, 0.15) is 5.56 Å². The Balaban J connectivity index is 2.18. The van der Waals surface area contributed by atoms with Gasteiger partial charge in [0, 0.05) is 17.7 Å². The molecule has 0 aliphatic heterocycles. The molecule has 3 rings (SSSR count). The Morgan fingerprint density at radius 3 is 3.19 bits per heavy atom. The molecule has 5 heteroatoms. The zero-order valence-corrected chi connectivity index (χ0v) is 8.47. The molecule has 0 saturated heterocycles. The topological polar surface area (TPSA) is 80.7 Å². The molecule has 0 saturated carbocycles. The second kappa shape index (κ2) is 3.46. The Kier molecular flexibility index (Phi) is 1.97. The summed E-state index contributed by atoms with van der Waals surface area (Å²) < 4.78 is 5.25. The van der Waals surface area contributed by atoms with Crippen LogP contribution in [-0.4, -0.2) is 15.2 Å². The minimum absolute atomic E-state index is 0.459. The maximum Gasteiger partial charge on any atom is 0.181 e. The number of hydrogen-bond donors (Lipinski definition) is 2. The smallest absolute Gasteiger partial charge is 0.181 e. The summed E-state index contributed by atoms with van der Waals surface area (Å²) in [6, 6.07) is 5.81. The molecule has 0 aliphatic carbocycles. The van der Waals surface area contributed by atoms with E-state index in [1.54, 1.807) is 6.20 Å². The first-order valence-electron chi connectivity index (χ1n) is 4.94. The third-order valence-electron chi connectivity index (χ3n) is 2.56. The molecular weight excluding hydrogens is 204 g/mol. The van der Waals surface area contributed by atoms with Gasteiger partial charge < -0.3 is 10.2 Å². The van der Waals surface area contributed by atoms with Crippen molar-refractivity contribution in [1.82, 2.24) is 15.2 Å². The highest BCUT2D eigenvalue weighted by molar-refractivity contribution is 5.79. The molecule has 0 spiro atoms. The third-order valence-corrected chi connectivity index (χ3v) is 2.56. The fraction of sp³-hybridized carbons (Fsp3) is 0.0909. The van der Waals surface area contributed by atoms with Gasteiger partial charge in [-0.15, -0.1) is 0 Å². The largest absolute Gasteiger partial charge is 0.443 e. The first-order chi connectivity index (χ1) is 7.88. The number of aromatic amines is 1. The lowest BCUT2D eigenvalue weighted by atomic mass is 10.1. The second-order valence-electron chi connectivity index (χ2n) is 3.51.